The van der Waals surface area contributed by atoms with Crippen molar-refractivity contribution >= 4 is 45.8 Å². The smallest absolute Gasteiger partial charge is 0.229 e. The third kappa shape index (κ3) is 4.77. The summed E-state index contributed by atoms with van der Waals surface area (Å²) < 4.78 is 0. The average molecular weight is 429 g/mol. The third-order valence-corrected chi connectivity index (χ3v) is 5.35. The highest BCUT2D eigenvalue weighted by molar-refractivity contribution is 6.09. The number of amidine groups is 1. The minimum atomic E-state index is -0.0690. The maximum Gasteiger partial charge on any atom is 0.229 e. The topological polar surface area (TPSA) is 91.3 Å². The third-order valence-electron chi connectivity index (χ3n) is 5.35. The van der Waals surface area contributed by atoms with Gasteiger partial charge in [-0.2, -0.15) is 4.98 Å². The van der Waals surface area contributed by atoms with E-state index in [4.69, 9.17) is 9.98 Å². The molecule has 32 heavy (non-hydrogen) atoms. The van der Waals surface area contributed by atoms with Gasteiger partial charge in [0.25, 0.3) is 0 Å². The normalized spacial score (nSPS) is 15.5. The van der Waals surface area contributed by atoms with Crippen molar-refractivity contribution in [3.8, 4) is 0 Å². The summed E-state index contributed by atoms with van der Waals surface area (Å²) in [5.41, 5.74) is 3.66. The van der Waals surface area contributed by atoms with E-state index >= 15 is 0 Å². The van der Waals surface area contributed by atoms with Crippen LogP contribution in [0.3, 0.4) is 0 Å². The lowest BCUT2D eigenvalue weighted by Gasteiger charge is -2.12. The summed E-state index contributed by atoms with van der Waals surface area (Å²) in [6, 6.07) is 15.6. The molecule has 0 bridgehead atoms. The van der Waals surface area contributed by atoms with Crippen LogP contribution in [-0.2, 0) is 4.79 Å². The van der Waals surface area contributed by atoms with Crippen molar-refractivity contribution in [2.24, 2.45) is 10.9 Å². The first-order chi connectivity index (χ1) is 15.4. The molecule has 1 aliphatic heterocycles. The highest BCUT2D eigenvalue weighted by Gasteiger charge is 2.17. The van der Waals surface area contributed by atoms with Crippen LogP contribution in [0.1, 0.15) is 34.1 Å². The fourth-order valence-corrected chi connectivity index (χ4v) is 3.50. The van der Waals surface area contributed by atoms with Crippen molar-refractivity contribution in [1.29, 1.82) is 0 Å². The number of hydrogen-bond donors (Lipinski definition) is 3. The average Bonchev–Trinajstić information content (AvgIpc) is 3.14. The number of rotatable bonds is 6. The van der Waals surface area contributed by atoms with Gasteiger partial charge in [0.15, 0.2) is 0 Å². The quantitative estimate of drug-likeness (QED) is 0.481. The van der Waals surface area contributed by atoms with E-state index in [9.17, 15) is 4.79 Å². The number of fused-ring (bicyclic) bond motifs is 1. The van der Waals surface area contributed by atoms with Crippen LogP contribution in [0, 0.1) is 5.92 Å². The molecule has 4 rings (SSSR count). The maximum absolute atomic E-state index is 11.9. The Labute approximate surface area is 188 Å². The second kappa shape index (κ2) is 9.18. The molecule has 0 fully saturated rings. The zero-order chi connectivity index (χ0) is 22.7. The highest BCUT2D eigenvalue weighted by atomic mass is 16.1. The Balaban J connectivity index is 1.58. The number of aliphatic imine (C=N–C) groups is 1. The zero-order valence-corrected chi connectivity index (χ0v) is 18.8. The van der Waals surface area contributed by atoms with Gasteiger partial charge in [0, 0.05) is 22.7 Å². The molecule has 0 aliphatic carbocycles. The molecule has 1 atom stereocenters. The van der Waals surface area contributed by atoms with E-state index in [1.54, 1.807) is 0 Å². The van der Waals surface area contributed by atoms with Crippen molar-refractivity contribution in [1.82, 2.24) is 9.97 Å². The summed E-state index contributed by atoms with van der Waals surface area (Å²) in [7, 11) is 0. The van der Waals surface area contributed by atoms with Crippen LogP contribution in [0.4, 0.5) is 23.1 Å². The van der Waals surface area contributed by atoms with Gasteiger partial charge in [-0.1, -0.05) is 32.9 Å². The zero-order valence-electron chi connectivity index (χ0n) is 18.8. The number of carbonyl (C=O) groups excluding carboxylic acids is 1. The molecule has 0 saturated carbocycles. The van der Waals surface area contributed by atoms with Crippen molar-refractivity contribution in [2.45, 2.75) is 40.2 Å². The van der Waals surface area contributed by atoms with E-state index in [0.717, 1.165) is 34.5 Å². The van der Waals surface area contributed by atoms with Crippen LogP contribution in [0.5, 0.6) is 0 Å². The molecular formula is C25H28N6O. The maximum atomic E-state index is 11.9. The second-order valence-corrected chi connectivity index (χ2v) is 8.21. The van der Waals surface area contributed by atoms with Crippen LogP contribution in [0.25, 0.3) is 10.9 Å². The Morgan fingerprint density at radius 3 is 2.41 bits per heavy atom. The Morgan fingerprint density at radius 1 is 1.00 bits per heavy atom. The fourth-order valence-electron chi connectivity index (χ4n) is 3.50. The minimum absolute atomic E-state index is 0.0105. The fraction of sp³-hybridized carbons (Fsp3) is 0.280. The molecule has 2 aromatic carbocycles. The predicted octanol–water partition coefficient (Wildman–Crippen LogP) is 5.52. The molecule has 164 valence electrons. The van der Waals surface area contributed by atoms with Crippen LogP contribution in [-0.4, -0.2) is 27.8 Å². The van der Waals surface area contributed by atoms with E-state index in [-0.39, 0.29) is 17.9 Å². The lowest BCUT2D eigenvalue weighted by atomic mass is 10.1. The van der Waals surface area contributed by atoms with Crippen molar-refractivity contribution in [2.75, 3.05) is 16.0 Å². The van der Waals surface area contributed by atoms with Crippen LogP contribution < -0.4 is 16.0 Å². The van der Waals surface area contributed by atoms with Gasteiger partial charge in [-0.3, -0.25) is 9.79 Å². The van der Waals surface area contributed by atoms with Gasteiger partial charge in [0.1, 0.15) is 11.7 Å². The Bertz CT molecular complexity index is 1200. The number of nitrogens with one attached hydrogen (secondary N) is 3. The lowest BCUT2D eigenvalue weighted by Crippen LogP contribution is -2.17. The summed E-state index contributed by atoms with van der Waals surface area (Å²) in [4.78, 5) is 26.0. The number of aromatic nitrogens is 2. The van der Waals surface area contributed by atoms with Gasteiger partial charge in [-0.25, -0.2) is 4.98 Å². The van der Waals surface area contributed by atoms with E-state index in [1.165, 1.54) is 5.57 Å². The van der Waals surface area contributed by atoms with Crippen LogP contribution >= 0.6 is 0 Å². The number of carbonyl (C=O) groups is 1. The summed E-state index contributed by atoms with van der Waals surface area (Å²) in [5, 5.41) is 10.5. The van der Waals surface area contributed by atoms with Crippen molar-refractivity contribution in [3.63, 3.8) is 0 Å². The van der Waals surface area contributed by atoms with E-state index in [0.29, 0.717) is 11.8 Å². The van der Waals surface area contributed by atoms with Gasteiger partial charge in [0.05, 0.1) is 11.6 Å². The van der Waals surface area contributed by atoms with Crippen LogP contribution in [0.2, 0.25) is 0 Å². The van der Waals surface area contributed by atoms with E-state index in [2.05, 4.69) is 40.9 Å². The van der Waals surface area contributed by atoms with Gasteiger partial charge in [-0.15, -0.1) is 0 Å². The van der Waals surface area contributed by atoms with Crippen molar-refractivity contribution < 1.29 is 4.79 Å². The SMILES string of the molecule is CCC1N=C(Nc2nc(Nc3ccc(NC(=O)C(C)C)cc3)nc3ccccc23)C=C1C. The van der Waals surface area contributed by atoms with Crippen molar-refractivity contribution in [3.05, 3.63) is 60.2 Å². The molecule has 1 aliphatic rings. The molecule has 1 unspecified atom stereocenters. The minimum Gasteiger partial charge on any atom is -0.326 e. The summed E-state index contributed by atoms with van der Waals surface area (Å²) >= 11 is 0. The first-order valence-electron chi connectivity index (χ1n) is 10.9. The molecule has 0 saturated heterocycles. The van der Waals surface area contributed by atoms with Gasteiger partial charge < -0.3 is 16.0 Å². The molecule has 2 heterocycles. The van der Waals surface area contributed by atoms with Gasteiger partial charge in [-0.05, 0) is 61.4 Å². The molecule has 7 nitrogen and oxygen atoms in total. The largest absolute Gasteiger partial charge is 0.326 e. The number of anilines is 4. The van der Waals surface area contributed by atoms with Crippen LogP contribution in [0.15, 0.2) is 65.2 Å². The lowest BCUT2D eigenvalue weighted by molar-refractivity contribution is -0.118. The standard InChI is InChI=1S/C25H28N6O/c1-5-20-16(4)14-22(28-20)30-23-19-8-6-7-9-21(19)29-25(31-23)27-18-12-10-17(11-13-18)26-24(32)15(2)3/h6-15,20H,5H2,1-4H3,(H,26,32)(H2,27,28,29,30,31). The van der Waals surface area contributed by atoms with E-state index in [1.807, 2.05) is 62.4 Å². The van der Waals surface area contributed by atoms with Gasteiger partial charge in [0.2, 0.25) is 11.9 Å². The van der Waals surface area contributed by atoms with E-state index < -0.39 is 0 Å². The Morgan fingerprint density at radius 2 is 1.72 bits per heavy atom. The molecule has 1 amide bonds. The molecule has 3 N–H and O–H groups in total. The molecular weight excluding hydrogens is 400 g/mol. The predicted molar refractivity (Wildman–Crippen MR) is 132 cm³/mol. The number of nitrogens with zero attached hydrogens (tertiary/aromatic N) is 3. The summed E-state index contributed by atoms with van der Waals surface area (Å²) in [6.45, 7) is 7.97. The molecule has 3 aromatic rings. The Kier molecular flexibility index (Phi) is 6.16. The number of hydrogen-bond acceptors (Lipinski definition) is 6. The first kappa shape index (κ1) is 21.5. The molecule has 0 radical (unpaired) electrons. The molecule has 7 heteroatoms. The second-order valence-electron chi connectivity index (χ2n) is 8.21. The number of benzene rings is 2. The first-order valence-corrected chi connectivity index (χ1v) is 10.9. The summed E-state index contributed by atoms with van der Waals surface area (Å²) in [5.74, 6) is 1.92. The number of amides is 1. The number of para-hydroxylation sites is 1. The van der Waals surface area contributed by atoms with Gasteiger partial charge >= 0.3 is 0 Å². The summed E-state index contributed by atoms with van der Waals surface area (Å²) in [6.07, 6.45) is 3.04. The Hall–Kier alpha value is -3.74. The molecule has 0 spiro atoms. The monoisotopic (exact) mass is 428 g/mol. The molecule has 1 aromatic heterocycles. The highest BCUT2D eigenvalue weighted by Crippen LogP contribution is 2.26.